The molecule has 2 nitrogen and oxygen atoms in total. The molecule has 0 N–H and O–H groups in total. The second kappa shape index (κ2) is 14.9. The zero-order valence-electron chi connectivity index (χ0n) is 37.8. The lowest BCUT2D eigenvalue weighted by Gasteiger charge is -2.30. The van der Waals surface area contributed by atoms with Crippen molar-refractivity contribution in [1.29, 1.82) is 0 Å². The molecule has 0 radical (unpaired) electrons. The van der Waals surface area contributed by atoms with E-state index in [4.69, 9.17) is 4.42 Å². The average molecular weight is 858 g/mol. The van der Waals surface area contributed by atoms with Gasteiger partial charge in [0, 0.05) is 38.5 Å². The van der Waals surface area contributed by atoms with Crippen LogP contribution >= 0.6 is 0 Å². The minimum absolute atomic E-state index is 0.179. The van der Waals surface area contributed by atoms with Crippen molar-refractivity contribution < 1.29 is 4.42 Å². The summed E-state index contributed by atoms with van der Waals surface area (Å²) in [7, 11) is 0. The quantitative estimate of drug-likeness (QED) is 0.159. The van der Waals surface area contributed by atoms with Gasteiger partial charge < -0.3 is 9.32 Å². The first-order valence-corrected chi connectivity index (χ1v) is 23.4. The summed E-state index contributed by atoms with van der Waals surface area (Å²) in [5.41, 5.74) is 23.7. The summed E-state index contributed by atoms with van der Waals surface area (Å²) in [6, 6.07) is 84.7. The molecule has 13 rings (SSSR count). The second-order valence-corrected chi connectivity index (χ2v) is 18.9. The number of rotatable bonds is 7. The van der Waals surface area contributed by atoms with Crippen LogP contribution in [0.4, 0.5) is 17.1 Å². The van der Waals surface area contributed by atoms with Crippen LogP contribution in [-0.4, -0.2) is 0 Å². The van der Waals surface area contributed by atoms with Gasteiger partial charge in [-0.05, 0) is 133 Å². The van der Waals surface area contributed by atoms with Crippen LogP contribution in [0.5, 0.6) is 0 Å². The number of benzene rings is 10. The maximum absolute atomic E-state index is 6.38. The van der Waals surface area contributed by atoms with Gasteiger partial charge >= 0.3 is 0 Å². The monoisotopic (exact) mass is 857 g/mol. The predicted molar refractivity (Wildman–Crippen MR) is 280 cm³/mol. The summed E-state index contributed by atoms with van der Waals surface area (Å²) in [5.74, 6) is 0. The molecular weight excluding hydrogens is 811 g/mol. The molecule has 67 heavy (non-hydrogen) atoms. The van der Waals surface area contributed by atoms with Crippen LogP contribution in [-0.2, 0) is 10.8 Å². The Hall–Kier alpha value is -8.20. The fraction of sp³-hybridized carbons (Fsp3) is 0.0769. The number of anilines is 3. The third-order valence-electron chi connectivity index (χ3n) is 15.0. The van der Waals surface area contributed by atoms with Crippen molar-refractivity contribution in [3.63, 3.8) is 0 Å². The number of para-hydroxylation sites is 2. The maximum atomic E-state index is 6.38. The molecule has 0 aliphatic heterocycles. The number of nitrogens with zero attached hydrogens (tertiary/aromatic N) is 1. The van der Waals surface area contributed by atoms with Gasteiger partial charge in [0.05, 0.1) is 5.69 Å². The van der Waals surface area contributed by atoms with Crippen molar-refractivity contribution >= 4 is 39.0 Å². The Labute approximate surface area is 392 Å². The molecule has 0 saturated carbocycles. The first-order valence-electron chi connectivity index (χ1n) is 23.4. The smallest absolute Gasteiger partial charge is 0.136 e. The van der Waals surface area contributed by atoms with E-state index in [1.165, 1.54) is 72.3 Å². The standard InChI is InChI=1S/C65H47NO/c1-64(2)56-29-11-7-23-50(56)53-27-16-28-54(63(53)64)52-24-9-13-31-59(52)66(47-21-15-18-44(40-47)48-26-17-33-61-62(48)55-25-10-14-32-60(55)67-61)46-37-34-42(35-38-46)43-36-39-51-49-22-8-12-30-57(49)65(3,58(51)41-43)45-19-5-4-6-20-45/h4-41H,1-3H3. The highest BCUT2D eigenvalue weighted by molar-refractivity contribution is 6.12. The molecule has 0 bridgehead atoms. The fourth-order valence-electron chi connectivity index (χ4n) is 11.8. The number of hydrogen-bond acceptors (Lipinski definition) is 2. The predicted octanol–water partition coefficient (Wildman–Crippen LogP) is 17.7. The van der Waals surface area contributed by atoms with Gasteiger partial charge in [-0.3, -0.25) is 0 Å². The molecule has 1 aromatic heterocycles. The Kier molecular flexibility index (Phi) is 8.73. The Morgan fingerprint density at radius 3 is 1.76 bits per heavy atom. The summed E-state index contributed by atoms with van der Waals surface area (Å²) in [5, 5.41) is 2.26. The van der Waals surface area contributed by atoms with E-state index in [1.807, 2.05) is 6.07 Å². The number of hydrogen-bond donors (Lipinski definition) is 0. The summed E-state index contributed by atoms with van der Waals surface area (Å²) in [6.07, 6.45) is 0. The molecule has 0 saturated heterocycles. The Morgan fingerprint density at radius 2 is 0.940 bits per heavy atom. The van der Waals surface area contributed by atoms with Gasteiger partial charge in [-0.1, -0.05) is 196 Å². The molecule has 10 aromatic carbocycles. The van der Waals surface area contributed by atoms with Crippen molar-refractivity contribution in [3.8, 4) is 55.6 Å². The van der Waals surface area contributed by atoms with E-state index >= 15 is 0 Å². The second-order valence-electron chi connectivity index (χ2n) is 18.9. The fourth-order valence-corrected chi connectivity index (χ4v) is 11.8. The van der Waals surface area contributed by atoms with Crippen molar-refractivity contribution in [2.45, 2.75) is 31.6 Å². The van der Waals surface area contributed by atoms with Crippen LogP contribution in [0.2, 0.25) is 0 Å². The largest absolute Gasteiger partial charge is 0.456 e. The van der Waals surface area contributed by atoms with Gasteiger partial charge in [0.25, 0.3) is 0 Å². The minimum atomic E-state index is -0.269. The summed E-state index contributed by atoms with van der Waals surface area (Å²) in [6.45, 7) is 7.15. The summed E-state index contributed by atoms with van der Waals surface area (Å²) < 4.78 is 6.38. The Bertz CT molecular complexity index is 3740. The molecule has 318 valence electrons. The molecule has 2 aliphatic carbocycles. The third-order valence-corrected chi connectivity index (χ3v) is 15.0. The van der Waals surface area contributed by atoms with Gasteiger partial charge in [0.1, 0.15) is 11.2 Å². The van der Waals surface area contributed by atoms with Crippen molar-refractivity contribution in [3.05, 3.63) is 258 Å². The molecule has 0 spiro atoms. The summed E-state index contributed by atoms with van der Waals surface area (Å²) >= 11 is 0. The third kappa shape index (κ3) is 5.89. The van der Waals surface area contributed by atoms with E-state index in [0.29, 0.717) is 0 Å². The maximum Gasteiger partial charge on any atom is 0.136 e. The van der Waals surface area contributed by atoms with E-state index in [0.717, 1.165) is 50.1 Å². The van der Waals surface area contributed by atoms with Crippen LogP contribution in [0.15, 0.2) is 235 Å². The van der Waals surface area contributed by atoms with Crippen molar-refractivity contribution in [2.24, 2.45) is 0 Å². The van der Waals surface area contributed by atoms with Gasteiger partial charge in [-0.25, -0.2) is 0 Å². The zero-order chi connectivity index (χ0) is 44.9. The molecular formula is C65H47NO. The molecule has 0 fully saturated rings. The lowest BCUT2D eigenvalue weighted by Crippen LogP contribution is -2.22. The van der Waals surface area contributed by atoms with Crippen LogP contribution < -0.4 is 4.90 Å². The van der Waals surface area contributed by atoms with E-state index in [2.05, 4.69) is 250 Å². The molecule has 11 aromatic rings. The minimum Gasteiger partial charge on any atom is -0.456 e. The highest BCUT2D eigenvalue weighted by Crippen LogP contribution is 2.55. The molecule has 2 aliphatic rings. The molecule has 0 amide bonds. The van der Waals surface area contributed by atoms with Crippen molar-refractivity contribution in [1.82, 2.24) is 0 Å². The SMILES string of the molecule is CC1(C)c2ccccc2-c2cccc(-c3ccccc3N(c3ccc(-c4ccc5c(c4)C(C)(c4ccccc4)c4ccccc4-5)cc3)c3cccc(-c4cccc5oc6ccccc6c45)c3)c21. The topological polar surface area (TPSA) is 16.4 Å². The lowest BCUT2D eigenvalue weighted by molar-refractivity contribution is 0.662. The van der Waals surface area contributed by atoms with Crippen LogP contribution in [0.25, 0.3) is 77.6 Å². The number of furan rings is 1. The lowest BCUT2D eigenvalue weighted by atomic mass is 9.74. The van der Waals surface area contributed by atoms with E-state index in [9.17, 15) is 0 Å². The highest BCUT2D eigenvalue weighted by atomic mass is 16.3. The molecule has 1 unspecified atom stereocenters. The van der Waals surface area contributed by atoms with Crippen LogP contribution in [0, 0.1) is 0 Å². The normalized spacial score (nSPS) is 15.3. The molecule has 1 heterocycles. The van der Waals surface area contributed by atoms with Gasteiger partial charge in [-0.15, -0.1) is 0 Å². The van der Waals surface area contributed by atoms with Gasteiger partial charge in [0.2, 0.25) is 0 Å². The first kappa shape index (κ1) is 39.2. The van der Waals surface area contributed by atoms with Gasteiger partial charge in [0.15, 0.2) is 0 Å². The summed E-state index contributed by atoms with van der Waals surface area (Å²) in [4.78, 5) is 2.45. The van der Waals surface area contributed by atoms with E-state index < -0.39 is 0 Å². The highest BCUT2D eigenvalue weighted by Gasteiger charge is 2.41. The molecule has 2 heteroatoms. The molecule has 1 atom stereocenters. The zero-order valence-corrected chi connectivity index (χ0v) is 37.8. The Morgan fingerprint density at radius 1 is 0.358 bits per heavy atom. The van der Waals surface area contributed by atoms with E-state index in [-0.39, 0.29) is 10.8 Å². The first-order chi connectivity index (χ1) is 32.9. The van der Waals surface area contributed by atoms with Gasteiger partial charge in [-0.2, -0.15) is 0 Å². The Balaban J connectivity index is 0.977. The average Bonchev–Trinajstić information content (AvgIpc) is 3.98. The van der Waals surface area contributed by atoms with Crippen molar-refractivity contribution in [2.75, 3.05) is 4.90 Å². The number of fused-ring (bicyclic) bond motifs is 9. The van der Waals surface area contributed by atoms with Crippen LogP contribution in [0.1, 0.15) is 48.6 Å². The van der Waals surface area contributed by atoms with Crippen LogP contribution in [0.3, 0.4) is 0 Å². The van der Waals surface area contributed by atoms with E-state index in [1.54, 1.807) is 0 Å².